The zero-order valence-electron chi connectivity index (χ0n) is 30.7. The molecule has 1 amide bonds. The number of carbonyl (C=O) groups excluding carboxylic acids is 1. The molecule has 0 spiro atoms. The van der Waals surface area contributed by atoms with Crippen molar-refractivity contribution in [2.45, 2.75) is 64.4 Å². The Kier molecular flexibility index (Phi) is 8.71. The fourth-order valence-electron chi connectivity index (χ4n) is 8.34. The van der Waals surface area contributed by atoms with Crippen molar-refractivity contribution in [3.8, 4) is 22.7 Å². The molecule has 14 nitrogen and oxygen atoms in total. The van der Waals surface area contributed by atoms with Gasteiger partial charge in [-0.1, -0.05) is 0 Å². The van der Waals surface area contributed by atoms with E-state index >= 15 is 4.39 Å². The number of rotatable bonds is 3. The molecule has 55 heavy (non-hydrogen) atoms. The molecule has 6 aromatic rings. The van der Waals surface area contributed by atoms with Crippen molar-refractivity contribution in [3.05, 3.63) is 82.7 Å². The molecule has 1 N–H and O–H groups in total. The molecule has 3 aliphatic heterocycles. The fourth-order valence-corrected chi connectivity index (χ4v) is 8.34. The summed E-state index contributed by atoms with van der Waals surface area (Å²) in [6, 6.07) is 9.46. The molecule has 4 bridgehead atoms. The number of nitrogens with zero attached hydrogens (tertiary/aromatic N) is 9. The summed E-state index contributed by atoms with van der Waals surface area (Å²) in [4.78, 5) is 46.5. The van der Waals surface area contributed by atoms with Gasteiger partial charge in [-0.2, -0.15) is 5.10 Å². The van der Waals surface area contributed by atoms with Gasteiger partial charge in [-0.05, 0) is 57.4 Å². The number of amides is 1. The Morgan fingerprint density at radius 2 is 1.85 bits per heavy atom. The van der Waals surface area contributed by atoms with Crippen molar-refractivity contribution in [2.75, 3.05) is 43.6 Å². The van der Waals surface area contributed by atoms with Crippen LogP contribution in [0.4, 0.5) is 20.4 Å². The Morgan fingerprint density at radius 3 is 2.71 bits per heavy atom. The lowest BCUT2D eigenvalue weighted by molar-refractivity contribution is -0.133. The highest BCUT2D eigenvalue weighted by molar-refractivity contribution is 5.95. The molecule has 1 saturated heterocycles. The van der Waals surface area contributed by atoms with Crippen LogP contribution in [0.15, 0.2) is 59.7 Å². The molecule has 16 heteroatoms. The Labute approximate surface area is 314 Å². The largest absolute Gasteiger partial charge is 0.491 e. The normalized spacial score (nSPS) is 20.2. The second-order valence-electron chi connectivity index (χ2n) is 14.4. The smallest absolute Gasteiger partial charge is 0.254 e. The number of aryl methyl sites for hydroxylation is 2. The SMILES string of the molecule is CCO[C@H]1CN(C)C(=O)[C@@H]2C[C@@H](CN2c2cc(=O)n3c4c2cnn4-c2ccc(F)cc2OCCCC3)Nc2nccc(n2)-c2cc(F)cc3nc(C)n(c23)C1. The topological polar surface area (TPSA) is 137 Å². The number of ether oxygens (including phenoxy) is 2. The van der Waals surface area contributed by atoms with Gasteiger partial charge >= 0.3 is 0 Å². The molecule has 284 valence electrons. The number of pyridine rings is 1. The number of hydrogen-bond acceptors (Lipinski definition) is 10. The van der Waals surface area contributed by atoms with Crippen LogP contribution in [-0.4, -0.2) is 96.2 Å². The second-order valence-corrected chi connectivity index (χ2v) is 14.4. The molecule has 0 aliphatic carbocycles. The van der Waals surface area contributed by atoms with Crippen molar-refractivity contribution in [3.63, 3.8) is 0 Å². The van der Waals surface area contributed by atoms with E-state index in [1.807, 2.05) is 23.3 Å². The maximum Gasteiger partial charge on any atom is 0.254 e. The van der Waals surface area contributed by atoms with E-state index in [-0.39, 0.29) is 24.1 Å². The Balaban J connectivity index is 1.18. The van der Waals surface area contributed by atoms with Gasteiger partial charge in [0.15, 0.2) is 0 Å². The van der Waals surface area contributed by atoms with E-state index in [1.165, 1.54) is 24.3 Å². The summed E-state index contributed by atoms with van der Waals surface area (Å²) in [5.74, 6) is 0.291. The van der Waals surface area contributed by atoms with Crippen molar-refractivity contribution in [1.82, 2.24) is 38.8 Å². The number of halogens is 2. The lowest BCUT2D eigenvalue weighted by Crippen LogP contribution is -2.47. The van der Waals surface area contributed by atoms with Crippen LogP contribution in [0.1, 0.15) is 32.0 Å². The zero-order chi connectivity index (χ0) is 38.0. The minimum atomic E-state index is -0.684. The standard InChI is InChI=1S/C39H40F2N10O4/c1-4-54-26-20-47(3)38(53)33-16-25(45-39-42-10-9-29(46-39)27-13-24(41)14-30-36(27)49(21-26)22(2)44-30)19-50(33)32-17-35(52)48-11-5-6-12-55-34-15-23(40)7-8-31(34)51-37(48)28(32)18-43-51/h7-10,13-15,17-18,25-26,33H,4-6,11-12,16,19-21H2,1-3H3,(H,42,45,46)/t25-,26-,33-/m0/s1. The minimum absolute atomic E-state index is 0.151. The molecule has 4 aromatic heterocycles. The number of benzene rings is 2. The highest BCUT2D eigenvalue weighted by Gasteiger charge is 2.41. The third-order valence-corrected chi connectivity index (χ3v) is 10.8. The maximum atomic E-state index is 15.1. The highest BCUT2D eigenvalue weighted by Crippen LogP contribution is 2.37. The molecule has 1 fully saturated rings. The molecule has 3 aliphatic rings. The first-order valence-electron chi connectivity index (χ1n) is 18.6. The number of carbonyl (C=O) groups is 1. The van der Waals surface area contributed by atoms with Crippen molar-refractivity contribution in [2.24, 2.45) is 0 Å². The van der Waals surface area contributed by atoms with Crippen molar-refractivity contribution in [1.29, 1.82) is 0 Å². The average molecular weight is 751 g/mol. The lowest BCUT2D eigenvalue weighted by atomic mass is 10.1. The summed E-state index contributed by atoms with van der Waals surface area (Å²) >= 11 is 0. The third kappa shape index (κ3) is 6.13. The van der Waals surface area contributed by atoms with Crippen LogP contribution in [0.5, 0.6) is 5.75 Å². The van der Waals surface area contributed by atoms with Gasteiger partial charge < -0.3 is 29.2 Å². The Morgan fingerprint density at radius 1 is 0.982 bits per heavy atom. The van der Waals surface area contributed by atoms with E-state index in [2.05, 4.69) is 15.3 Å². The van der Waals surface area contributed by atoms with Gasteiger partial charge in [0.2, 0.25) is 11.9 Å². The first-order chi connectivity index (χ1) is 26.7. The van der Waals surface area contributed by atoms with Crippen LogP contribution in [0.3, 0.4) is 0 Å². The molecule has 2 aromatic carbocycles. The number of likely N-dealkylation sites (N-methyl/N-ethyl adjacent to an activating group) is 1. The second kappa shape index (κ2) is 13.7. The molecule has 0 saturated carbocycles. The molecule has 0 unspecified atom stereocenters. The molecule has 3 atom stereocenters. The predicted octanol–water partition coefficient (Wildman–Crippen LogP) is 4.69. The maximum absolute atomic E-state index is 15.1. The van der Waals surface area contributed by atoms with Crippen LogP contribution in [0, 0.1) is 18.6 Å². The summed E-state index contributed by atoms with van der Waals surface area (Å²) in [6.07, 6.45) is 4.58. The monoisotopic (exact) mass is 750 g/mol. The van der Waals surface area contributed by atoms with Gasteiger partial charge in [0.05, 0.1) is 53.3 Å². The summed E-state index contributed by atoms with van der Waals surface area (Å²) in [6.45, 7) is 5.93. The van der Waals surface area contributed by atoms with Crippen LogP contribution < -0.4 is 20.5 Å². The van der Waals surface area contributed by atoms with Crippen LogP contribution in [-0.2, 0) is 22.6 Å². The van der Waals surface area contributed by atoms with E-state index in [0.717, 1.165) is 5.52 Å². The Bertz CT molecular complexity index is 2530. The molecule has 9 rings (SSSR count). The van der Waals surface area contributed by atoms with E-state index in [1.54, 1.807) is 51.8 Å². The first kappa shape index (κ1) is 34.8. The minimum Gasteiger partial charge on any atom is -0.491 e. The van der Waals surface area contributed by atoms with E-state index < -0.39 is 23.8 Å². The quantitative estimate of drug-likeness (QED) is 0.271. The van der Waals surface area contributed by atoms with Gasteiger partial charge in [-0.3, -0.25) is 14.2 Å². The molecule has 7 heterocycles. The summed E-state index contributed by atoms with van der Waals surface area (Å²) in [7, 11) is 1.76. The van der Waals surface area contributed by atoms with E-state index in [0.29, 0.717) is 109 Å². The van der Waals surface area contributed by atoms with Gasteiger partial charge in [-0.25, -0.2) is 28.4 Å². The number of imidazole rings is 1. The molecular formula is C39H40F2N10O4. The van der Waals surface area contributed by atoms with E-state index in [4.69, 9.17) is 19.6 Å². The van der Waals surface area contributed by atoms with Gasteiger partial charge in [0, 0.05) is 69.3 Å². The predicted molar refractivity (Wildman–Crippen MR) is 202 cm³/mol. The number of hydrogen-bond donors (Lipinski definition) is 1. The van der Waals surface area contributed by atoms with Crippen molar-refractivity contribution < 1.29 is 23.0 Å². The molecule has 0 radical (unpaired) electrons. The summed E-state index contributed by atoms with van der Waals surface area (Å²) in [5, 5.41) is 8.82. The van der Waals surface area contributed by atoms with Crippen molar-refractivity contribution >= 4 is 39.6 Å². The fraction of sp³-hybridized carbons (Fsp3) is 0.385. The highest BCUT2D eigenvalue weighted by atomic mass is 19.1. The lowest BCUT2D eigenvalue weighted by Gasteiger charge is -2.32. The Hall–Kier alpha value is -5.90. The number of anilines is 2. The van der Waals surface area contributed by atoms with Gasteiger partial charge in [-0.15, -0.1) is 0 Å². The first-order valence-corrected chi connectivity index (χ1v) is 18.6. The number of fused-ring (bicyclic) bond motifs is 7. The van der Waals surface area contributed by atoms with Crippen LogP contribution in [0.25, 0.3) is 39.0 Å². The summed E-state index contributed by atoms with van der Waals surface area (Å²) in [5.41, 5.74) is 3.64. The summed E-state index contributed by atoms with van der Waals surface area (Å²) < 4.78 is 47.0. The molecular weight excluding hydrogens is 710 g/mol. The van der Waals surface area contributed by atoms with Gasteiger partial charge in [0.25, 0.3) is 5.56 Å². The van der Waals surface area contributed by atoms with E-state index in [9.17, 15) is 14.0 Å². The average Bonchev–Trinajstić information content (AvgIpc) is 3.87. The van der Waals surface area contributed by atoms with Crippen LogP contribution in [0.2, 0.25) is 0 Å². The van der Waals surface area contributed by atoms with Gasteiger partial charge in [0.1, 0.15) is 40.6 Å². The van der Waals surface area contributed by atoms with Crippen LogP contribution >= 0.6 is 0 Å². The third-order valence-electron chi connectivity index (χ3n) is 10.8. The number of aromatic nitrogens is 7. The number of nitrogens with one attached hydrogen (secondary N) is 1. The zero-order valence-corrected chi connectivity index (χ0v) is 30.7.